The van der Waals surface area contributed by atoms with Gasteiger partial charge in [0.25, 0.3) is 0 Å². The Morgan fingerprint density at radius 1 is 1.17 bits per heavy atom. The van der Waals surface area contributed by atoms with E-state index in [1.54, 1.807) is 29.8 Å². The molecule has 1 aliphatic rings. The zero-order valence-electron chi connectivity index (χ0n) is 12.8. The lowest BCUT2D eigenvalue weighted by molar-refractivity contribution is -0.114. The van der Waals surface area contributed by atoms with E-state index in [0.717, 1.165) is 22.2 Å². The Labute approximate surface area is 141 Å². The largest absolute Gasteiger partial charge is 0.326 e. The van der Waals surface area contributed by atoms with Crippen LogP contribution in [-0.2, 0) is 11.8 Å². The van der Waals surface area contributed by atoms with Crippen LogP contribution in [0.15, 0.2) is 46.2 Å². The Bertz CT molecular complexity index is 1080. The average molecular weight is 341 g/mol. The van der Waals surface area contributed by atoms with E-state index in [-0.39, 0.29) is 18.1 Å². The first-order valence-corrected chi connectivity index (χ1v) is 7.74. The van der Waals surface area contributed by atoms with Gasteiger partial charge in [-0.25, -0.2) is 4.79 Å². The van der Waals surface area contributed by atoms with Gasteiger partial charge in [-0.2, -0.15) is 0 Å². The molecule has 2 aromatic carbocycles. The maximum absolute atomic E-state index is 11.9. The van der Waals surface area contributed by atoms with Gasteiger partial charge in [-0.1, -0.05) is 17.7 Å². The van der Waals surface area contributed by atoms with Gasteiger partial charge in [-0.05, 0) is 30.3 Å². The maximum atomic E-state index is 11.9. The number of rotatable bonds is 1. The van der Waals surface area contributed by atoms with Crippen molar-refractivity contribution in [2.45, 2.75) is 0 Å². The second kappa shape index (κ2) is 5.35. The van der Waals surface area contributed by atoms with E-state index >= 15 is 0 Å². The second-order valence-electron chi connectivity index (χ2n) is 5.62. The summed E-state index contributed by atoms with van der Waals surface area (Å²) in [5, 5.41) is 3.39. The summed E-state index contributed by atoms with van der Waals surface area (Å²) in [6, 6.07) is 10.9. The third-order valence-electron chi connectivity index (χ3n) is 4.07. The molecule has 0 radical (unpaired) electrons. The van der Waals surface area contributed by atoms with Crippen LogP contribution in [-0.4, -0.2) is 27.7 Å². The number of anilines is 1. The standard InChI is InChI=1S/C17H13ClN4O2/c1-22-14-6-9(2-4-13(14)21-17(22)24)16-11-7-10(18)3-5-12(11)20-15(23)8-19-16/h2-7H,8H2,1H3,(H,20,23)(H,21,24). The van der Waals surface area contributed by atoms with Crippen LogP contribution in [0.5, 0.6) is 0 Å². The number of carbonyl (C=O) groups excluding carboxylic acids is 1. The molecule has 0 bridgehead atoms. The van der Waals surface area contributed by atoms with E-state index in [4.69, 9.17) is 11.6 Å². The number of halogens is 1. The average Bonchev–Trinajstić information content (AvgIpc) is 2.74. The zero-order valence-corrected chi connectivity index (χ0v) is 13.5. The van der Waals surface area contributed by atoms with E-state index < -0.39 is 0 Å². The second-order valence-corrected chi connectivity index (χ2v) is 6.06. The molecule has 1 aliphatic heterocycles. The van der Waals surface area contributed by atoms with Gasteiger partial charge in [-0.3, -0.25) is 14.4 Å². The number of fused-ring (bicyclic) bond motifs is 2. The summed E-state index contributed by atoms with van der Waals surface area (Å²) in [6.45, 7) is 0.0335. The highest BCUT2D eigenvalue weighted by Gasteiger charge is 2.19. The number of benzodiazepines with no additional fused rings is 1. The highest BCUT2D eigenvalue weighted by Crippen LogP contribution is 2.27. The molecule has 4 rings (SSSR count). The van der Waals surface area contributed by atoms with Crippen LogP contribution in [0.3, 0.4) is 0 Å². The third kappa shape index (κ3) is 2.32. The predicted molar refractivity (Wildman–Crippen MR) is 94.1 cm³/mol. The summed E-state index contributed by atoms with van der Waals surface area (Å²) in [4.78, 5) is 30.9. The molecule has 0 fully saturated rings. The number of hydrogen-bond acceptors (Lipinski definition) is 3. The van der Waals surface area contributed by atoms with Gasteiger partial charge in [0, 0.05) is 23.2 Å². The number of nitrogens with zero attached hydrogens (tertiary/aromatic N) is 2. The van der Waals surface area contributed by atoms with Crippen molar-refractivity contribution < 1.29 is 4.79 Å². The summed E-state index contributed by atoms with van der Waals surface area (Å²) in [5.74, 6) is -0.177. The summed E-state index contributed by atoms with van der Waals surface area (Å²) in [5.41, 5.74) is 4.26. The lowest BCUT2D eigenvalue weighted by atomic mass is 10.00. The van der Waals surface area contributed by atoms with Crippen molar-refractivity contribution >= 4 is 39.9 Å². The number of aromatic nitrogens is 2. The third-order valence-corrected chi connectivity index (χ3v) is 4.31. The SMILES string of the molecule is Cn1c(=O)[nH]c2ccc(C3=NCC(=O)Nc4ccc(Cl)cc43)cc21. The van der Waals surface area contributed by atoms with Crippen LogP contribution in [0.1, 0.15) is 11.1 Å². The van der Waals surface area contributed by atoms with Gasteiger partial charge >= 0.3 is 5.69 Å². The summed E-state index contributed by atoms with van der Waals surface area (Å²) in [6.07, 6.45) is 0. The minimum atomic E-state index is -0.177. The minimum absolute atomic E-state index is 0.0335. The van der Waals surface area contributed by atoms with Crippen molar-refractivity contribution in [1.29, 1.82) is 0 Å². The minimum Gasteiger partial charge on any atom is -0.324 e. The van der Waals surface area contributed by atoms with Crippen LogP contribution >= 0.6 is 11.6 Å². The molecular formula is C17H13ClN4O2. The molecule has 6 nitrogen and oxygen atoms in total. The number of aryl methyl sites for hydroxylation is 1. The predicted octanol–water partition coefficient (Wildman–Crippen LogP) is 2.31. The number of H-pyrrole nitrogens is 1. The monoisotopic (exact) mass is 340 g/mol. The van der Waals surface area contributed by atoms with Gasteiger partial charge in [0.1, 0.15) is 6.54 Å². The molecule has 120 valence electrons. The Morgan fingerprint density at radius 2 is 2.00 bits per heavy atom. The molecule has 0 atom stereocenters. The van der Waals surface area contributed by atoms with Crippen LogP contribution in [0.2, 0.25) is 5.02 Å². The smallest absolute Gasteiger partial charge is 0.324 e. The molecule has 1 aromatic heterocycles. The molecule has 0 unspecified atom stereocenters. The van der Waals surface area contributed by atoms with E-state index in [0.29, 0.717) is 16.4 Å². The number of amides is 1. The highest BCUT2D eigenvalue weighted by molar-refractivity contribution is 6.32. The van der Waals surface area contributed by atoms with Gasteiger partial charge < -0.3 is 10.3 Å². The van der Waals surface area contributed by atoms with E-state index in [1.807, 2.05) is 18.2 Å². The lowest BCUT2D eigenvalue weighted by Crippen LogP contribution is -2.13. The first kappa shape index (κ1) is 14.7. The first-order chi connectivity index (χ1) is 11.5. The molecule has 7 heteroatoms. The molecule has 3 aromatic rings. The van der Waals surface area contributed by atoms with Gasteiger partial charge in [0.15, 0.2) is 0 Å². The Hall–Kier alpha value is -2.86. The first-order valence-electron chi connectivity index (χ1n) is 7.36. The molecule has 0 saturated heterocycles. The molecule has 2 N–H and O–H groups in total. The summed E-state index contributed by atoms with van der Waals surface area (Å²) in [7, 11) is 1.70. The number of benzene rings is 2. The molecule has 0 spiro atoms. The van der Waals surface area contributed by atoms with Crippen LogP contribution < -0.4 is 11.0 Å². The number of aliphatic imine (C=N–C) groups is 1. The van der Waals surface area contributed by atoms with Crippen LogP contribution in [0, 0.1) is 0 Å². The fraction of sp³-hybridized carbons (Fsp3) is 0.118. The van der Waals surface area contributed by atoms with Crippen molar-refractivity contribution in [3.05, 3.63) is 63.0 Å². The van der Waals surface area contributed by atoms with Crippen LogP contribution in [0.25, 0.3) is 11.0 Å². The van der Waals surface area contributed by atoms with Crippen LogP contribution in [0.4, 0.5) is 5.69 Å². The van der Waals surface area contributed by atoms with Crippen molar-refractivity contribution in [1.82, 2.24) is 9.55 Å². The molecule has 1 amide bonds. The number of nitrogens with one attached hydrogen (secondary N) is 2. The molecule has 0 saturated carbocycles. The van der Waals surface area contributed by atoms with E-state index in [9.17, 15) is 9.59 Å². The lowest BCUT2D eigenvalue weighted by Gasteiger charge is -2.11. The van der Waals surface area contributed by atoms with Gasteiger partial charge in [-0.15, -0.1) is 0 Å². The van der Waals surface area contributed by atoms with E-state index in [2.05, 4.69) is 15.3 Å². The normalized spacial score (nSPS) is 14.1. The molecular weight excluding hydrogens is 328 g/mol. The van der Waals surface area contributed by atoms with Gasteiger partial charge in [0.05, 0.1) is 22.4 Å². The van der Waals surface area contributed by atoms with Crippen molar-refractivity contribution in [3.63, 3.8) is 0 Å². The fourth-order valence-electron chi connectivity index (χ4n) is 2.86. The fourth-order valence-corrected chi connectivity index (χ4v) is 3.04. The number of carbonyl (C=O) groups is 1. The van der Waals surface area contributed by atoms with Crippen molar-refractivity contribution in [3.8, 4) is 0 Å². The van der Waals surface area contributed by atoms with Crippen molar-refractivity contribution in [2.24, 2.45) is 12.0 Å². The Morgan fingerprint density at radius 3 is 2.83 bits per heavy atom. The topological polar surface area (TPSA) is 79.2 Å². The Balaban J connectivity index is 1.95. The van der Waals surface area contributed by atoms with E-state index in [1.165, 1.54) is 0 Å². The zero-order chi connectivity index (χ0) is 16.8. The number of hydrogen-bond donors (Lipinski definition) is 2. The molecule has 0 aliphatic carbocycles. The van der Waals surface area contributed by atoms with Gasteiger partial charge in [0.2, 0.25) is 5.91 Å². The summed E-state index contributed by atoms with van der Waals surface area (Å²) < 4.78 is 1.54. The number of imidazole rings is 1. The number of aromatic amines is 1. The molecule has 2 heterocycles. The summed E-state index contributed by atoms with van der Waals surface area (Å²) >= 11 is 6.12. The Kier molecular flexibility index (Phi) is 3.28. The maximum Gasteiger partial charge on any atom is 0.326 e. The highest BCUT2D eigenvalue weighted by atomic mass is 35.5. The van der Waals surface area contributed by atoms with Crippen molar-refractivity contribution in [2.75, 3.05) is 11.9 Å². The quantitative estimate of drug-likeness (QED) is 0.713. The molecule has 24 heavy (non-hydrogen) atoms.